The number of alkyl halides is 3. The Morgan fingerprint density at radius 2 is 1.83 bits per heavy atom. The molecule has 3 aromatic rings. The summed E-state index contributed by atoms with van der Waals surface area (Å²) in [5.74, 6) is -0.440. The summed E-state index contributed by atoms with van der Waals surface area (Å²) in [6, 6.07) is 10.3. The van der Waals surface area contributed by atoms with Gasteiger partial charge in [-0.2, -0.15) is 18.2 Å². The second kappa shape index (κ2) is 6.31. The van der Waals surface area contributed by atoms with E-state index in [9.17, 15) is 17.6 Å². The number of ether oxygens (including phenoxy) is 1. The van der Waals surface area contributed by atoms with Gasteiger partial charge in [0.05, 0.1) is 11.1 Å². The van der Waals surface area contributed by atoms with Gasteiger partial charge in [0, 0.05) is 6.07 Å². The summed E-state index contributed by atoms with van der Waals surface area (Å²) in [6.45, 7) is -0.166. The van der Waals surface area contributed by atoms with Crippen molar-refractivity contribution in [3.8, 4) is 17.2 Å². The van der Waals surface area contributed by atoms with E-state index in [1.165, 1.54) is 42.5 Å². The fourth-order valence-corrected chi connectivity index (χ4v) is 2.04. The SMILES string of the molecule is Fc1cccc(OCc2noc(-c3ccccc3C(F)(F)F)n2)c1. The standard InChI is InChI=1S/C16H10F4N2O2/c17-10-4-3-5-11(8-10)23-9-14-21-15(24-22-14)12-6-1-2-7-13(12)16(18,19)20/h1-8H,9H2. The lowest BCUT2D eigenvalue weighted by Crippen LogP contribution is -2.07. The zero-order valence-electron chi connectivity index (χ0n) is 12.0. The van der Waals surface area contributed by atoms with Gasteiger partial charge in [0.15, 0.2) is 6.61 Å². The van der Waals surface area contributed by atoms with Crippen molar-refractivity contribution < 1.29 is 26.8 Å². The molecule has 1 aromatic heterocycles. The summed E-state index contributed by atoms with van der Waals surface area (Å²) in [4.78, 5) is 3.90. The molecule has 0 aliphatic heterocycles. The van der Waals surface area contributed by atoms with Crippen LogP contribution in [0.4, 0.5) is 17.6 Å². The zero-order chi connectivity index (χ0) is 17.2. The molecule has 1 heterocycles. The Kier molecular flexibility index (Phi) is 4.20. The Morgan fingerprint density at radius 1 is 1.04 bits per heavy atom. The van der Waals surface area contributed by atoms with Crippen LogP contribution in [-0.2, 0) is 12.8 Å². The van der Waals surface area contributed by atoms with Crippen LogP contribution in [0.25, 0.3) is 11.5 Å². The minimum absolute atomic E-state index is 0.0474. The normalized spacial score (nSPS) is 11.5. The molecule has 2 aromatic carbocycles. The number of hydrogen-bond acceptors (Lipinski definition) is 4. The summed E-state index contributed by atoms with van der Waals surface area (Å²) in [6.07, 6.45) is -4.54. The van der Waals surface area contributed by atoms with Gasteiger partial charge in [0.25, 0.3) is 5.89 Å². The fraction of sp³-hybridized carbons (Fsp3) is 0.125. The van der Waals surface area contributed by atoms with Gasteiger partial charge >= 0.3 is 6.18 Å². The average Bonchev–Trinajstić information content (AvgIpc) is 3.01. The first kappa shape index (κ1) is 16.0. The molecule has 0 fully saturated rings. The minimum Gasteiger partial charge on any atom is -0.485 e. The molecule has 0 aliphatic rings. The van der Waals surface area contributed by atoms with E-state index in [1.54, 1.807) is 0 Å². The van der Waals surface area contributed by atoms with Gasteiger partial charge in [0.2, 0.25) is 5.82 Å². The lowest BCUT2D eigenvalue weighted by molar-refractivity contribution is -0.137. The second-order valence-corrected chi connectivity index (χ2v) is 4.81. The number of benzene rings is 2. The lowest BCUT2D eigenvalue weighted by atomic mass is 10.1. The number of nitrogens with zero attached hydrogens (tertiary/aromatic N) is 2. The molecule has 0 saturated heterocycles. The highest BCUT2D eigenvalue weighted by Gasteiger charge is 2.34. The molecule has 0 saturated carbocycles. The zero-order valence-corrected chi connectivity index (χ0v) is 12.0. The van der Waals surface area contributed by atoms with Gasteiger partial charge in [-0.15, -0.1) is 0 Å². The van der Waals surface area contributed by atoms with Gasteiger partial charge in [-0.05, 0) is 24.3 Å². The first-order valence-corrected chi connectivity index (χ1v) is 6.81. The third-order valence-corrected chi connectivity index (χ3v) is 3.09. The number of rotatable bonds is 4. The molecule has 0 unspecified atom stereocenters. The smallest absolute Gasteiger partial charge is 0.417 e. The summed E-state index contributed by atoms with van der Waals surface area (Å²) in [7, 11) is 0. The van der Waals surface area contributed by atoms with Crippen LogP contribution in [0.1, 0.15) is 11.4 Å². The topological polar surface area (TPSA) is 48.2 Å². The first-order chi connectivity index (χ1) is 11.4. The molecular formula is C16H10F4N2O2. The quantitative estimate of drug-likeness (QED) is 0.659. The first-order valence-electron chi connectivity index (χ1n) is 6.81. The van der Waals surface area contributed by atoms with Crippen LogP contribution in [0.5, 0.6) is 5.75 Å². The molecular weight excluding hydrogens is 328 g/mol. The summed E-state index contributed by atoms with van der Waals surface area (Å²) in [5, 5.41) is 3.58. The van der Waals surface area contributed by atoms with Crippen molar-refractivity contribution in [1.29, 1.82) is 0 Å². The van der Waals surface area contributed by atoms with Gasteiger partial charge in [-0.3, -0.25) is 0 Å². The molecule has 0 amide bonds. The van der Waals surface area contributed by atoms with Crippen molar-refractivity contribution in [1.82, 2.24) is 10.1 Å². The van der Waals surface area contributed by atoms with E-state index in [-0.39, 0.29) is 29.6 Å². The largest absolute Gasteiger partial charge is 0.485 e. The lowest BCUT2D eigenvalue weighted by Gasteiger charge is -2.09. The number of hydrogen-bond donors (Lipinski definition) is 0. The predicted octanol–water partition coefficient (Wildman–Crippen LogP) is 4.47. The molecule has 0 N–H and O–H groups in total. The Morgan fingerprint density at radius 3 is 2.58 bits per heavy atom. The number of aromatic nitrogens is 2. The highest BCUT2D eigenvalue weighted by molar-refractivity contribution is 5.59. The van der Waals surface area contributed by atoms with Gasteiger partial charge in [-0.25, -0.2) is 4.39 Å². The molecule has 0 atom stereocenters. The van der Waals surface area contributed by atoms with E-state index in [4.69, 9.17) is 9.26 Å². The van der Waals surface area contributed by atoms with E-state index in [0.29, 0.717) is 0 Å². The predicted molar refractivity (Wildman–Crippen MR) is 75.5 cm³/mol. The van der Waals surface area contributed by atoms with Crippen LogP contribution < -0.4 is 4.74 Å². The molecule has 4 nitrogen and oxygen atoms in total. The van der Waals surface area contributed by atoms with Crippen molar-refractivity contribution in [3.05, 3.63) is 65.7 Å². The number of halogens is 4. The summed E-state index contributed by atoms with van der Waals surface area (Å²) in [5.41, 5.74) is -1.08. The highest BCUT2D eigenvalue weighted by Crippen LogP contribution is 2.36. The molecule has 0 spiro atoms. The molecule has 3 rings (SSSR count). The molecule has 124 valence electrons. The van der Waals surface area contributed by atoms with Crippen LogP contribution in [0, 0.1) is 5.82 Å². The van der Waals surface area contributed by atoms with E-state index in [2.05, 4.69) is 10.1 Å². The summed E-state index contributed by atoms with van der Waals surface area (Å²) < 4.78 is 62.2. The van der Waals surface area contributed by atoms with Crippen molar-refractivity contribution >= 4 is 0 Å². The maximum absolute atomic E-state index is 13.0. The Labute approximate surface area is 133 Å². The molecule has 24 heavy (non-hydrogen) atoms. The Hall–Kier alpha value is -2.90. The maximum atomic E-state index is 13.0. The highest BCUT2D eigenvalue weighted by atomic mass is 19.4. The van der Waals surface area contributed by atoms with Crippen LogP contribution in [0.3, 0.4) is 0 Å². The second-order valence-electron chi connectivity index (χ2n) is 4.81. The maximum Gasteiger partial charge on any atom is 0.417 e. The van der Waals surface area contributed by atoms with E-state index in [0.717, 1.165) is 6.07 Å². The van der Waals surface area contributed by atoms with E-state index in [1.807, 2.05) is 0 Å². The van der Waals surface area contributed by atoms with Crippen molar-refractivity contribution in [2.24, 2.45) is 0 Å². The van der Waals surface area contributed by atoms with Gasteiger partial charge in [0.1, 0.15) is 11.6 Å². The van der Waals surface area contributed by atoms with Crippen molar-refractivity contribution in [3.63, 3.8) is 0 Å². The molecule has 0 aliphatic carbocycles. The Balaban J connectivity index is 1.79. The minimum atomic E-state index is -4.54. The van der Waals surface area contributed by atoms with Gasteiger partial charge < -0.3 is 9.26 Å². The summed E-state index contributed by atoms with van der Waals surface area (Å²) >= 11 is 0. The van der Waals surface area contributed by atoms with E-state index >= 15 is 0 Å². The van der Waals surface area contributed by atoms with E-state index < -0.39 is 17.6 Å². The van der Waals surface area contributed by atoms with Crippen molar-refractivity contribution in [2.45, 2.75) is 12.8 Å². The molecule has 8 heteroatoms. The Bertz CT molecular complexity index is 846. The fourth-order valence-electron chi connectivity index (χ4n) is 2.04. The van der Waals surface area contributed by atoms with Crippen LogP contribution >= 0.6 is 0 Å². The average molecular weight is 338 g/mol. The van der Waals surface area contributed by atoms with Crippen LogP contribution in [-0.4, -0.2) is 10.1 Å². The van der Waals surface area contributed by atoms with Crippen molar-refractivity contribution in [2.75, 3.05) is 0 Å². The van der Waals surface area contributed by atoms with Crippen LogP contribution in [0.15, 0.2) is 53.1 Å². The molecule has 0 bridgehead atoms. The van der Waals surface area contributed by atoms with Gasteiger partial charge in [-0.1, -0.05) is 23.4 Å². The third kappa shape index (κ3) is 3.53. The van der Waals surface area contributed by atoms with Crippen LogP contribution in [0.2, 0.25) is 0 Å². The monoisotopic (exact) mass is 338 g/mol. The third-order valence-electron chi connectivity index (χ3n) is 3.09. The molecule has 0 radical (unpaired) electrons.